The molecule has 1 aromatic carbocycles. The van der Waals surface area contributed by atoms with Crippen LogP contribution in [0.5, 0.6) is 0 Å². The van der Waals surface area contributed by atoms with Gasteiger partial charge >= 0.3 is 0 Å². The molecule has 150 valence electrons. The number of piperazine rings is 1. The van der Waals surface area contributed by atoms with Gasteiger partial charge in [-0.25, -0.2) is 9.82 Å². The van der Waals surface area contributed by atoms with E-state index in [1.54, 1.807) is 0 Å². The van der Waals surface area contributed by atoms with E-state index in [2.05, 4.69) is 40.6 Å². The third-order valence-electron chi connectivity index (χ3n) is 5.70. The van der Waals surface area contributed by atoms with Gasteiger partial charge in [-0.05, 0) is 38.0 Å². The van der Waals surface area contributed by atoms with E-state index in [0.29, 0.717) is 12.0 Å². The summed E-state index contributed by atoms with van der Waals surface area (Å²) in [6.45, 7) is 10.4. The first-order valence-electron chi connectivity index (χ1n) is 10.0. The molecule has 3 N–H and O–H groups in total. The number of nitrogens with zero attached hydrogens (tertiary/aromatic N) is 2. The lowest BCUT2D eigenvalue weighted by Crippen LogP contribution is -2.54. The molecule has 0 aromatic heterocycles. The quantitative estimate of drug-likeness (QED) is 0.635. The molecule has 0 amide bonds. The van der Waals surface area contributed by atoms with Gasteiger partial charge in [0, 0.05) is 57.8 Å². The number of hydrazine groups is 1. The number of rotatable bonds is 7. The van der Waals surface area contributed by atoms with E-state index in [1.165, 1.54) is 17.7 Å². The lowest BCUT2D eigenvalue weighted by molar-refractivity contribution is 0.0586. The SMILES string of the molecule is CC(C)=CCN1CCN(CC2CNNC2c2ccc(F)cc2)CC1CCO. The molecule has 2 aliphatic heterocycles. The predicted molar refractivity (Wildman–Crippen MR) is 107 cm³/mol. The zero-order chi connectivity index (χ0) is 19.2. The average Bonchev–Trinajstić information content (AvgIpc) is 3.10. The Kier molecular flexibility index (Phi) is 7.38. The number of halogens is 1. The molecule has 0 spiro atoms. The summed E-state index contributed by atoms with van der Waals surface area (Å²) in [7, 11) is 0. The number of allylic oxidation sites excluding steroid dienone is 1. The van der Waals surface area contributed by atoms with Crippen molar-refractivity contribution in [2.24, 2.45) is 5.92 Å². The van der Waals surface area contributed by atoms with E-state index in [0.717, 1.165) is 51.3 Å². The molecule has 0 aliphatic carbocycles. The molecule has 2 saturated heterocycles. The van der Waals surface area contributed by atoms with E-state index in [4.69, 9.17) is 0 Å². The van der Waals surface area contributed by atoms with Crippen LogP contribution in [0, 0.1) is 11.7 Å². The number of nitrogens with one attached hydrogen (secondary N) is 2. The largest absolute Gasteiger partial charge is 0.396 e. The highest BCUT2D eigenvalue weighted by Gasteiger charge is 2.33. The Labute approximate surface area is 162 Å². The van der Waals surface area contributed by atoms with Crippen molar-refractivity contribution in [1.29, 1.82) is 0 Å². The van der Waals surface area contributed by atoms with Gasteiger partial charge in [0.2, 0.25) is 0 Å². The molecule has 0 radical (unpaired) electrons. The molecule has 3 atom stereocenters. The number of hydrogen-bond donors (Lipinski definition) is 3. The lowest BCUT2D eigenvalue weighted by atomic mass is 9.93. The van der Waals surface area contributed by atoms with Crippen molar-refractivity contribution in [2.45, 2.75) is 32.4 Å². The smallest absolute Gasteiger partial charge is 0.123 e. The molecular weight excluding hydrogens is 343 g/mol. The van der Waals surface area contributed by atoms with Crippen LogP contribution in [0.4, 0.5) is 4.39 Å². The van der Waals surface area contributed by atoms with Gasteiger partial charge in [-0.2, -0.15) is 0 Å². The zero-order valence-electron chi connectivity index (χ0n) is 16.5. The molecular formula is C21H33FN4O. The van der Waals surface area contributed by atoms with E-state index in [1.807, 2.05) is 12.1 Å². The van der Waals surface area contributed by atoms with E-state index in [9.17, 15) is 9.50 Å². The minimum Gasteiger partial charge on any atom is -0.396 e. The van der Waals surface area contributed by atoms with Crippen LogP contribution in [-0.4, -0.2) is 66.8 Å². The normalized spacial score (nSPS) is 27.0. The minimum absolute atomic E-state index is 0.194. The van der Waals surface area contributed by atoms with Gasteiger partial charge in [0.15, 0.2) is 0 Å². The molecule has 2 heterocycles. The van der Waals surface area contributed by atoms with Crippen molar-refractivity contribution in [2.75, 3.05) is 45.9 Å². The van der Waals surface area contributed by atoms with Gasteiger partial charge in [-0.15, -0.1) is 0 Å². The number of benzene rings is 1. The van der Waals surface area contributed by atoms with Gasteiger partial charge in [-0.1, -0.05) is 23.8 Å². The first kappa shape index (κ1) is 20.4. The second kappa shape index (κ2) is 9.75. The zero-order valence-corrected chi connectivity index (χ0v) is 16.5. The monoisotopic (exact) mass is 376 g/mol. The van der Waals surface area contributed by atoms with Gasteiger partial charge < -0.3 is 10.0 Å². The van der Waals surface area contributed by atoms with Crippen molar-refractivity contribution in [3.05, 3.63) is 47.3 Å². The molecule has 0 bridgehead atoms. The molecule has 2 fully saturated rings. The number of aliphatic hydroxyl groups is 1. The topological polar surface area (TPSA) is 50.8 Å². The fraction of sp³-hybridized carbons (Fsp3) is 0.619. The Morgan fingerprint density at radius 3 is 2.74 bits per heavy atom. The summed E-state index contributed by atoms with van der Waals surface area (Å²) >= 11 is 0. The Hall–Kier alpha value is -1.31. The summed E-state index contributed by atoms with van der Waals surface area (Å²) in [4.78, 5) is 5.01. The third-order valence-corrected chi connectivity index (χ3v) is 5.70. The molecule has 27 heavy (non-hydrogen) atoms. The Balaban J connectivity index is 1.60. The van der Waals surface area contributed by atoms with Crippen molar-refractivity contribution in [3.63, 3.8) is 0 Å². The summed E-state index contributed by atoms with van der Waals surface area (Å²) in [6, 6.07) is 7.41. The number of aliphatic hydroxyl groups excluding tert-OH is 1. The van der Waals surface area contributed by atoms with Crippen LogP contribution in [0.2, 0.25) is 0 Å². The molecule has 6 heteroatoms. The van der Waals surface area contributed by atoms with Crippen LogP contribution in [0.1, 0.15) is 31.9 Å². The molecule has 2 aliphatic rings. The first-order valence-corrected chi connectivity index (χ1v) is 10.0. The standard InChI is InChI=1S/C21H33FN4O/c1-16(2)7-9-26-11-10-25(15-20(26)8-12-27)14-18-13-23-24-21(18)17-3-5-19(22)6-4-17/h3-7,18,20-21,23-24,27H,8-15H2,1-2H3. The van der Waals surface area contributed by atoms with E-state index < -0.39 is 0 Å². The Morgan fingerprint density at radius 2 is 2.04 bits per heavy atom. The van der Waals surface area contributed by atoms with Crippen LogP contribution in [-0.2, 0) is 0 Å². The van der Waals surface area contributed by atoms with Gasteiger partial charge in [-0.3, -0.25) is 10.3 Å². The highest BCUT2D eigenvalue weighted by Crippen LogP contribution is 2.27. The molecule has 0 saturated carbocycles. The third kappa shape index (κ3) is 5.59. The summed E-state index contributed by atoms with van der Waals surface area (Å²) in [5.74, 6) is 0.246. The fourth-order valence-corrected chi connectivity index (χ4v) is 4.15. The Morgan fingerprint density at radius 1 is 1.26 bits per heavy atom. The second-order valence-corrected chi connectivity index (χ2v) is 8.02. The maximum atomic E-state index is 13.2. The van der Waals surface area contributed by atoms with E-state index >= 15 is 0 Å². The predicted octanol–water partition coefficient (Wildman–Crippen LogP) is 1.93. The summed E-state index contributed by atoms with van der Waals surface area (Å²) < 4.78 is 13.2. The molecule has 3 unspecified atom stereocenters. The Bertz CT molecular complexity index is 617. The van der Waals surface area contributed by atoms with Crippen LogP contribution in [0.3, 0.4) is 0 Å². The van der Waals surface area contributed by atoms with Crippen LogP contribution >= 0.6 is 0 Å². The van der Waals surface area contributed by atoms with Crippen molar-refractivity contribution in [3.8, 4) is 0 Å². The minimum atomic E-state index is -0.194. The van der Waals surface area contributed by atoms with Crippen LogP contribution in [0.15, 0.2) is 35.9 Å². The lowest BCUT2D eigenvalue weighted by Gasteiger charge is -2.42. The average molecular weight is 377 g/mol. The highest BCUT2D eigenvalue weighted by atomic mass is 19.1. The highest BCUT2D eigenvalue weighted by molar-refractivity contribution is 5.21. The molecule has 3 rings (SSSR count). The van der Waals surface area contributed by atoms with Gasteiger partial charge in [0.25, 0.3) is 0 Å². The van der Waals surface area contributed by atoms with Gasteiger partial charge in [0.05, 0.1) is 6.04 Å². The number of hydrogen-bond acceptors (Lipinski definition) is 5. The van der Waals surface area contributed by atoms with Crippen LogP contribution in [0.25, 0.3) is 0 Å². The van der Waals surface area contributed by atoms with Crippen molar-refractivity contribution < 1.29 is 9.50 Å². The fourth-order valence-electron chi connectivity index (χ4n) is 4.15. The summed E-state index contributed by atoms with van der Waals surface area (Å²) in [5, 5.41) is 9.49. The summed E-state index contributed by atoms with van der Waals surface area (Å²) in [5.41, 5.74) is 9.09. The van der Waals surface area contributed by atoms with Crippen molar-refractivity contribution in [1.82, 2.24) is 20.7 Å². The van der Waals surface area contributed by atoms with Gasteiger partial charge in [0.1, 0.15) is 5.82 Å². The molecule has 5 nitrogen and oxygen atoms in total. The van der Waals surface area contributed by atoms with Crippen LogP contribution < -0.4 is 10.9 Å². The summed E-state index contributed by atoms with van der Waals surface area (Å²) in [6.07, 6.45) is 3.09. The first-order chi connectivity index (χ1) is 13.1. The second-order valence-electron chi connectivity index (χ2n) is 8.02. The molecule has 1 aromatic rings. The van der Waals surface area contributed by atoms with E-state index in [-0.39, 0.29) is 18.5 Å². The van der Waals surface area contributed by atoms with Crippen molar-refractivity contribution >= 4 is 0 Å². The maximum absolute atomic E-state index is 13.2. The maximum Gasteiger partial charge on any atom is 0.123 e.